The Balaban J connectivity index is 1.73. The summed E-state index contributed by atoms with van der Waals surface area (Å²) in [6, 6.07) is 12.6. The molecule has 0 aliphatic carbocycles. The second-order valence-corrected chi connectivity index (χ2v) is 5.06. The number of methoxy groups -OCH3 is 1. The van der Waals surface area contributed by atoms with Gasteiger partial charge in [0, 0.05) is 6.07 Å². The van der Waals surface area contributed by atoms with Crippen molar-refractivity contribution >= 4 is 11.7 Å². The van der Waals surface area contributed by atoms with Gasteiger partial charge >= 0.3 is 5.97 Å². The highest BCUT2D eigenvalue weighted by Crippen LogP contribution is 2.27. The molecule has 0 N–H and O–H groups in total. The van der Waals surface area contributed by atoms with Crippen LogP contribution in [0, 0.1) is 10.1 Å². The summed E-state index contributed by atoms with van der Waals surface area (Å²) < 4.78 is 15.3. The molecule has 0 amide bonds. The van der Waals surface area contributed by atoms with E-state index in [9.17, 15) is 14.9 Å². The molecule has 0 saturated carbocycles. The third-order valence-corrected chi connectivity index (χ3v) is 3.46. The van der Waals surface area contributed by atoms with Crippen LogP contribution in [0.5, 0.6) is 5.75 Å². The third kappa shape index (κ3) is 3.51. The number of hydrogen-bond acceptors (Lipinski definition) is 8. The molecule has 1 heterocycles. The Kier molecular flexibility index (Phi) is 4.88. The average molecular weight is 355 g/mol. The van der Waals surface area contributed by atoms with Crippen molar-refractivity contribution in [3.63, 3.8) is 0 Å². The number of esters is 1. The van der Waals surface area contributed by atoms with Crippen LogP contribution in [0.3, 0.4) is 0 Å². The van der Waals surface area contributed by atoms with Gasteiger partial charge in [-0.2, -0.15) is 4.98 Å². The average Bonchev–Trinajstić information content (AvgIpc) is 3.14. The zero-order chi connectivity index (χ0) is 18.5. The summed E-state index contributed by atoms with van der Waals surface area (Å²) in [5, 5.41) is 14.8. The highest BCUT2D eigenvalue weighted by atomic mass is 16.6. The van der Waals surface area contributed by atoms with Crippen molar-refractivity contribution in [2.24, 2.45) is 0 Å². The van der Waals surface area contributed by atoms with E-state index in [1.165, 1.54) is 31.4 Å². The van der Waals surface area contributed by atoms with Crippen LogP contribution in [0.25, 0.3) is 11.4 Å². The van der Waals surface area contributed by atoms with Crippen LogP contribution in [0.1, 0.15) is 16.2 Å². The van der Waals surface area contributed by atoms with Gasteiger partial charge in [0.25, 0.3) is 11.6 Å². The maximum atomic E-state index is 12.1. The number of benzene rings is 2. The van der Waals surface area contributed by atoms with E-state index in [2.05, 4.69) is 10.1 Å². The number of nitro benzene ring substituents is 1. The molecule has 0 fully saturated rings. The zero-order valence-electron chi connectivity index (χ0n) is 13.6. The summed E-state index contributed by atoms with van der Waals surface area (Å²) >= 11 is 0. The van der Waals surface area contributed by atoms with E-state index < -0.39 is 10.9 Å². The first kappa shape index (κ1) is 17.1. The van der Waals surface area contributed by atoms with Gasteiger partial charge in [0.15, 0.2) is 6.61 Å². The fourth-order valence-corrected chi connectivity index (χ4v) is 2.26. The summed E-state index contributed by atoms with van der Waals surface area (Å²) in [6.07, 6.45) is 0. The van der Waals surface area contributed by atoms with Gasteiger partial charge in [0.1, 0.15) is 11.3 Å². The van der Waals surface area contributed by atoms with Gasteiger partial charge in [-0.1, -0.05) is 29.4 Å². The molecule has 1 aromatic heterocycles. The molecule has 2 aromatic carbocycles. The molecule has 0 unspecified atom stereocenters. The van der Waals surface area contributed by atoms with Gasteiger partial charge in [0.2, 0.25) is 5.82 Å². The standard InChI is InChI=1S/C17H13N3O6/c1-24-14-9-5-3-7-12(14)16-18-15(26-19-16)10-25-17(21)11-6-2-4-8-13(11)20(22)23/h2-9H,10H2,1H3. The molecular formula is C17H13N3O6. The van der Waals surface area contributed by atoms with Gasteiger partial charge in [0.05, 0.1) is 17.6 Å². The molecule has 26 heavy (non-hydrogen) atoms. The molecule has 3 aromatic rings. The number of carbonyl (C=O) groups excluding carboxylic acids is 1. The lowest BCUT2D eigenvalue weighted by atomic mass is 10.2. The predicted molar refractivity (Wildman–Crippen MR) is 88.5 cm³/mol. The van der Waals surface area contributed by atoms with Gasteiger partial charge in [-0.05, 0) is 18.2 Å². The van der Waals surface area contributed by atoms with Gasteiger partial charge < -0.3 is 14.0 Å². The molecule has 0 saturated heterocycles. The Morgan fingerprint density at radius 3 is 2.69 bits per heavy atom. The van der Waals surface area contributed by atoms with Crippen molar-refractivity contribution in [1.82, 2.24) is 10.1 Å². The molecular weight excluding hydrogens is 342 g/mol. The van der Waals surface area contributed by atoms with E-state index in [-0.39, 0.29) is 29.6 Å². The number of nitrogens with zero attached hydrogens (tertiary/aromatic N) is 3. The highest BCUT2D eigenvalue weighted by molar-refractivity contribution is 5.93. The minimum absolute atomic E-state index is 0.0536. The van der Waals surface area contributed by atoms with Gasteiger partial charge in [-0.15, -0.1) is 0 Å². The Labute approximate surface area is 147 Å². The first-order chi connectivity index (χ1) is 12.6. The minimum Gasteiger partial charge on any atom is -0.496 e. The molecule has 0 aliphatic heterocycles. The van der Waals surface area contributed by atoms with Crippen LogP contribution in [0.4, 0.5) is 5.69 Å². The van der Waals surface area contributed by atoms with Crippen LogP contribution >= 0.6 is 0 Å². The smallest absolute Gasteiger partial charge is 0.345 e. The quantitative estimate of drug-likeness (QED) is 0.376. The minimum atomic E-state index is -0.852. The van der Waals surface area contributed by atoms with Crippen molar-refractivity contribution in [3.8, 4) is 17.1 Å². The second kappa shape index (κ2) is 7.43. The Bertz CT molecular complexity index is 953. The number of carbonyl (C=O) groups is 1. The maximum absolute atomic E-state index is 12.1. The zero-order valence-corrected chi connectivity index (χ0v) is 13.6. The number of hydrogen-bond donors (Lipinski definition) is 0. The number of ether oxygens (including phenoxy) is 2. The van der Waals surface area contributed by atoms with E-state index in [1.807, 2.05) is 0 Å². The van der Waals surface area contributed by atoms with Crippen LogP contribution < -0.4 is 4.74 Å². The van der Waals surface area contributed by atoms with Crippen molar-refractivity contribution < 1.29 is 23.7 Å². The monoisotopic (exact) mass is 355 g/mol. The van der Waals surface area contributed by atoms with Crippen molar-refractivity contribution in [3.05, 3.63) is 70.1 Å². The Morgan fingerprint density at radius 2 is 1.92 bits per heavy atom. The van der Waals surface area contributed by atoms with Crippen molar-refractivity contribution in [2.45, 2.75) is 6.61 Å². The van der Waals surface area contributed by atoms with Crippen molar-refractivity contribution in [1.29, 1.82) is 0 Å². The first-order valence-electron chi connectivity index (χ1n) is 7.46. The number of nitro groups is 1. The normalized spacial score (nSPS) is 10.3. The summed E-state index contributed by atoms with van der Waals surface area (Å²) in [6.45, 7) is -0.312. The number of aromatic nitrogens is 2. The van der Waals surface area contributed by atoms with E-state index in [0.717, 1.165) is 0 Å². The molecule has 0 spiro atoms. The lowest BCUT2D eigenvalue weighted by molar-refractivity contribution is -0.385. The molecule has 0 bridgehead atoms. The molecule has 0 aliphatic rings. The number of rotatable bonds is 6. The van der Waals surface area contributed by atoms with Crippen LogP contribution in [0.15, 0.2) is 53.1 Å². The van der Waals surface area contributed by atoms with Crippen LogP contribution in [-0.4, -0.2) is 28.1 Å². The lowest BCUT2D eigenvalue weighted by Crippen LogP contribution is -2.08. The summed E-state index contributed by atoms with van der Waals surface area (Å²) in [7, 11) is 1.52. The summed E-state index contributed by atoms with van der Waals surface area (Å²) in [4.78, 5) is 26.5. The van der Waals surface area contributed by atoms with E-state index >= 15 is 0 Å². The molecule has 132 valence electrons. The van der Waals surface area contributed by atoms with E-state index in [4.69, 9.17) is 14.0 Å². The van der Waals surface area contributed by atoms with E-state index in [1.54, 1.807) is 24.3 Å². The second-order valence-electron chi connectivity index (χ2n) is 5.06. The molecule has 3 rings (SSSR count). The summed E-state index contributed by atoms with van der Waals surface area (Å²) in [5.74, 6) is 0.0446. The van der Waals surface area contributed by atoms with Crippen molar-refractivity contribution in [2.75, 3.05) is 7.11 Å². The molecule has 0 atom stereocenters. The highest BCUT2D eigenvalue weighted by Gasteiger charge is 2.21. The Morgan fingerprint density at radius 1 is 1.19 bits per heavy atom. The fraction of sp³-hybridized carbons (Fsp3) is 0.118. The molecule has 9 nitrogen and oxygen atoms in total. The largest absolute Gasteiger partial charge is 0.496 e. The Hall–Kier alpha value is -3.75. The van der Waals surface area contributed by atoms with Gasteiger partial charge in [-0.3, -0.25) is 10.1 Å². The topological polar surface area (TPSA) is 118 Å². The lowest BCUT2D eigenvalue weighted by Gasteiger charge is -2.03. The SMILES string of the molecule is COc1ccccc1-c1noc(COC(=O)c2ccccc2[N+](=O)[O-])n1. The molecule has 9 heteroatoms. The van der Waals surface area contributed by atoms with Crippen LogP contribution in [0.2, 0.25) is 0 Å². The van der Waals surface area contributed by atoms with Crippen LogP contribution in [-0.2, 0) is 11.3 Å². The summed E-state index contributed by atoms with van der Waals surface area (Å²) in [5.41, 5.74) is 0.134. The fourth-order valence-electron chi connectivity index (χ4n) is 2.26. The third-order valence-electron chi connectivity index (χ3n) is 3.46. The molecule has 0 radical (unpaired) electrons. The van der Waals surface area contributed by atoms with Gasteiger partial charge in [-0.25, -0.2) is 4.79 Å². The van der Waals surface area contributed by atoms with E-state index in [0.29, 0.717) is 11.3 Å². The maximum Gasteiger partial charge on any atom is 0.345 e. The number of para-hydroxylation sites is 2. The predicted octanol–water partition coefficient (Wildman–Crippen LogP) is 3.01. The first-order valence-corrected chi connectivity index (χ1v) is 7.46.